The van der Waals surface area contributed by atoms with Crippen molar-refractivity contribution in [3.05, 3.63) is 22.2 Å². The number of nitrogens with zero attached hydrogens (tertiary/aromatic N) is 4. The first-order valence-electron chi connectivity index (χ1n) is 4.95. The van der Waals surface area contributed by atoms with Gasteiger partial charge in [-0.2, -0.15) is 14.5 Å². The highest BCUT2D eigenvalue weighted by Gasteiger charge is 2.14. The van der Waals surface area contributed by atoms with E-state index in [4.69, 9.17) is 28.9 Å². The van der Waals surface area contributed by atoms with Gasteiger partial charge in [0.15, 0.2) is 0 Å². The fourth-order valence-electron chi connectivity index (χ4n) is 1.73. The predicted molar refractivity (Wildman–Crippen MR) is 74.5 cm³/mol. The zero-order valence-electron chi connectivity index (χ0n) is 9.19. The molecule has 0 aliphatic heterocycles. The van der Waals surface area contributed by atoms with Crippen LogP contribution in [-0.2, 0) is 0 Å². The Morgan fingerprint density at radius 1 is 1.28 bits per heavy atom. The molecule has 2 aromatic heterocycles. The number of thioether (sulfide) groups is 1. The van der Waals surface area contributed by atoms with Gasteiger partial charge in [-0.15, -0.1) is 5.10 Å². The van der Waals surface area contributed by atoms with Crippen LogP contribution in [-0.4, -0.2) is 25.8 Å². The molecule has 2 heterocycles. The van der Waals surface area contributed by atoms with Crippen molar-refractivity contribution in [3.63, 3.8) is 0 Å². The number of fused-ring (bicyclic) bond motifs is 3. The van der Waals surface area contributed by atoms with E-state index in [9.17, 15) is 0 Å². The molecular weight excluding hydrogens is 293 g/mol. The van der Waals surface area contributed by atoms with Crippen LogP contribution in [0.2, 0.25) is 10.0 Å². The minimum atomic E-state index is 0.296. The predicted octanol–water partition coefficient (Wildman–Crippen LogP) is 2.89. The van der Waals surface area contributed by atoms with Crippen LogP contribution >= 0.6 is 35.0 Å². The summed E-state index contributed by atoms with van der Waals surface area (Å²) in [5.74, 6) is 0.743. The van der Waals surface area contributed by atoms with Crippen molar-refractivity contribution in [1.82, 2.24) is 19.6 Å². The maximum Gasteiger partial charge on any atom is 0.255 e. The van der Waals surface area contributed by atoms with Crippen LogP contribution < -0.4 is 5.73 Å². The molecule has 5 nitrogen and oxygen atoms in total. The Balaban J connectivity index is 2.53. The first kappa shape index (κ1) is 11.8. The fraction of sp³-hybridized carbons (Fsp3) is 0.100. The summed E-state index contributed by atoms with van der Waals surface area (Å²) in [6.45, 7) is 0. The van der Waals surface area contributed by atoms with E-state index >= 15 is 0 Å². The monoisotopic (exact) mass is 299 g/mol. The number of hydrogen-bond acceptors (Lipinski definition) is 5. The highest BCUT2D eigenvalue weighted by Crippen LogP contribution is 2.33. The molecule has 0 fully saturated rings. The number of nitrogens with two attached hydrogens (primary N) is 1. The number of nitrogen functional groups attached to an aromatic ring is 1. The maximum atomic E-state index is 6.15. The Kier molecular flexibility index (Phi) is 2.73. The maximum absolute atomic E-state index is 6.15. The van der Waals surface area contributed by atoms with Gasteiger partial charge in [-0.3, -0.25) is 0 Å². The molecule has 0 amide bonds. The zero-order valence-corrected chi connectivity index (χ0v) is 11.5. The van der Waals surface area contributed by atoms with E-state index in [0.29, 0.717) is 32.2 Å². The number of hydrogen-bond donors (Lipinski definition) is 1. The van der Waals surface area contributed by atoms with Gasteiger partial charge in [0.25, 0.3) is 5.78 Å². The lowest BCUT2D eigenvalue weighted by Crippen LogP contribution is -2.00. The number of rotatable bonds is 1. The molecule has 8 heteroatoms. The van der Waals surface area contributed by atoms with Gasteiger partial charge in [0.1, 0.15) is 5.82 Å². The summed E-state index contributed by atoms with van der Waals surface area (Å²) < 4.78 is 1.61. The molecule has 1 aromatic carbocycles. The van der Waals surface area contributed by atoms with Gasteiger partial charge in [-0.1, -0.05) is 35.0 Å². The molecule has 0 aliphatic rings. The SMILES string of the molecule is CSc1nc2nc(N)c3c(Cl)c(Cl)ccc3n2n1. The molecule has 92 valence electrons. The minimum Gasteiger partial charge on any atom is -0.383 e. The van der Waals surface area contributed by atoms with Gasteiger partial charge < -0.3 is 5.73 Å². The van der Waals surface area contributed by atoms with Crippen molar-refractivity contribution in [2.45, 2.75) is 5.16 Å². The van der Waals surface area contributed by atoms with E-state index in [1.165, 1.54) is 11.8 Å². The summed E-state index contributed by atoms with van der Waals surface area (Å²) in [6.07, 6.45) is 1.89. The number of halogens is 2. The second-order valence-electron chi connectivity index (χ2n) is 3.56. The molecule has 0 saturated carbocycles. The van der Waals surface area contributed by atoms with Crippen molar-refractivity contribution in [3.8, 4) is 0 Å². The Bertz CT molecular complexity index is 770. The lowest BCUT2D eigenvalue weighted by molar-refractivity contribution is 0.911. The topological polar surface area (TPSA) is 69.1 Å². The van der Waals surface area contributed by atoms with Crippen LogP contribution in [0.4, 0.5) is 5.82 Å². The highest BCUT2D eigenvalue weighted by atomic mass is 35.5. The van der Waals surface area contributed by atoms with E-state index in [1.807, 2.05) is 6.26 Å². The summed E-state index contributed by atoms with van der Waals surface area (Å²) in [7, 11) is 0. The highest BCUT2D eigenvalue weighted by molar-refractivity contribution is 7.98. The second kappa shape index (κ2) is 4.15. The largest absolute Gasteiger partial charge is 0.383 e. The summed E-state index contributed by atoms with van der Waals surface area (Å²) in [5.41, 5.74) is 6.64. The summed E-state index contributed by atoms with van der Waals surface area (Å²) >= 11 is 13.6. The molecule has 0 radical (unpaired) electrons. The molecule has 0 bridgehead atoms. The normalized spacial score (nSPS) is 11.5. The second-order valence-corrected chi connectivity index (χ2v) is 5.12. The average molecular weight is 300 g/mol. The van der Waals surface area contributed by atoms with Crippen LogP contribution in [0.3, 0.4) is 0 Å². The quantitative estimate of drug-likeness (QED) is 0.700. The van der Waals surface area contributed by atoms with Gasteiger partial charge in [-0.25, -0.2) is 0 Å². The van der Waals surface area contributed by atoms with Crippen molar-refractivity contribution >= 4 is 57.5 Å². The first-order valence-corrected chi connectivity index (χ1v) is 6.94. The van der Waals surface area contributed by atoms with Crippen molar-refractivity contribution in [2.24, 2.45) is 0 Å². The first-order chi connectivity index (χ1) is 8.61. The molecule has 3 aromatic rings. The Morgan fingerprint density at radius 2 is 2.06 bits per heavy atom. The van der Waals surface area contributed by atoms with Gasteiger partial charge in [0.2, 0.25) is 5.16 Å². The fourth-order valence-corrected chi connectivity index (χ4v) is 2.48. The van der Waals surface area contributed by atoms with Crippen molar-refractivity contribution in [2.75, 3.05) is 12.0 Å². The van der Waals surface area contributed by atoms with E-state index in [-0.39, 0.29) is 0 Å². The summed E-state index contributed by atoms with van der Waals surface area (Å²) in [5, 5.41) is 6.35. The molecule has 0 atom stereocenters. The third-order valence-electron chi connectivity index (χ3n) is 2.53. The molecule has 2 N–H and O–H groups in total. The van der Waals surface area contributed by atoms with E-state index in [1.54, 1.807) is 16.6 Å². The van der Waals surface area contributed by atoms with Crippen LogP contribution in [0, 0.1) is 0 Å². The Hall–Kier alpha value is -1.24. The zero-order chi connectivity index (χ0) is 12.9. The average Bonchev–Trinajstić information content (AvgIpc) is 2.76. The molecule has 0 saturated heterocycles. The molecule has 0 aliphatic carbocycles. The van der Waals surface area contributed by atoms with Crippen LogP contribution in [0.1, 0.15) is 0 Å². The van der Waals surface area contributed by atoms with Crippen LogP contribution in [0.25, 0.3) is 16.7 Å². The third-order valence-corrected chi connectivity index (χ3v) is 3.87. The molecule has 0 unspecified atom stereocenters. The Labute approximate surface area is 116 Å². The number of aromatic nitrogens is 4. The van der Waals surface area contributed by atoms with Gasteiger partial charge >= 0.3 is 0 Å². The lowest BCUT2D eigenvalue weighted by Gasteiger charge is -2.06. The molecule has 18 heavy (non-hydrogen) atoms. The summed E-state index contributed by atoms with van der Waals surface area (Å²) in [6, 6.07) is 3.50. The Morgan fingerprint density at radius 3 is 2.78 bits per heavy atom. The van der Waals surface area contributed by atoms with Gasteiger partial charge in [0, 0.05) is 0 Å². The van der Waals surface area contributed by atoms with Crippen molar-refractivity contribution in [1.29, 1.82) is 0 Å². The summed E-state index contributed by atoms with van der Waals surface area (Å²) in [4.78, 5) is 8.43. The van der Waals surface area contributed by atoms with E-state index in [0.717, 1.165) is 5.52 Å². The number of benzene rings is 1. The molecule has 0 spiro atoms. The van der Waals surface area contributed by atoms with Crippen LogP contribution in [0.5, 0.6) is 0 Å². The van der Waals surface area contributed by atoms with E-state index in [2.05, 4.69) is 15.1 Å². The smallest absolute Gasteiger partial charge is 0.255 e. The standard InChI is InChI=1S/C10H7Cl2N5S/c1-18-10-15-9-14-8(13)6-5(17(9)16-10)3-2-4(11)7(6)12/h2-3H,1H3,(H2,13,14,15,16). The van der Waals surface area contributed by atoms with E-state index < -0.39 is 0 Å². The van der Waals surface area contributed by atoms with Gasteiger partial charge in [0.05, 0.1) is 20.9 Å². The van der Waals surface area contributed by atoms with Crippen LogP contribution in [0.15, 0.2) is 17.3 Å². The van der Waals surface area contributed by atoms with Crippen molar-refractivity contribution < 1.29 is 0 Å². The minimum absolute atomic E-state index is 0.296. The molecular formula is C10H7Cl2N5S. The van der Waals surface area contributed by atoms with Gasteiger partial charge in [-0.05, 0) is 18.4 Å². The number of anilines is 1. The molecule has 3 rings (SSSR count). The third kappa shape index (κ3) is 1.60. The lowest BCUT2D eigenvalue weighted by atomic mass is 10.2.